The first-order chi connectivity index (χ1) is 10.6. The molecule has 1 aromatic heterocycles. The maximum atomic E-state index is 4.67. The van der Waals surface area contributed by atoms with Crippen molar-refractivity contribution in [3.63, 3.8) is 0 Å². The number of aromatic nitrogens is 2. The number of anilines is 3. The molecule has 0 atom stereocenters. The van der Waals surface area contributed by atoms with E-state index in [1.165, 1.54) is 18.4 Å². The maximum Gasteiger partial charge on any atom is 0.229 e. The summed E-state index contributed by atoms with van der Waals surface area (Å²) < 4.78 is 0. The molecule has 4 heteroatoms. The van der Waals surface area contributed by atoms with Crippen molar-refractivity contribution in [1.29, 1.82) is 0 Å². The fourth-order valence-electron chi connectivity index (χ4n) is 2.80. The lowest BCUT2D eigenvalue weighted by molar-refractivity contribution is 0.867. The summed E-state index contributed by atoms with van der Waals surface area (Å²) in [4.78, 5) is 11.5. The molecule has 0 saturated carbocycles. The van der Waals surface area contributed by atoms with Gasteiger partial charge in [0.15, 0.2) is 0 Å². The summed E-state index contributed by atoms with van der Waals surface area (Å²) in [6.07, 6.45) is 2.50. The van der Waals surface area contributed by atoms with E-state index in [1.54, 1.807) is 0 Å². The molecule has 1 saturated heterocycles. The minimum atomic E-state index is 0.547. The maximum absolute atomic E-state index is 4.67. The summed E-state index contributed by atoms with van der Waals surface area (Å²) >= 11 is 0. The normalized spacial score (nSPS) is 14.6. The first kappa shape index (κ1) is 14.8. The number of hydrogen-bond acceptors (Lipinski definition) is 4. The molecule has 0 aliphatic carbocycles. The summed E-state index contributed by atoms with van der Waals surface area (Å²) in [5.41, 5.74) is 3.37. The zero-order valence-electron chi connectivity index (χ0n) is 13.6. The first-order valence-corrected chi connectivity index (χ1v) is 8.09. The molecule has 1 N–H and O–H groups in total. The van der Waals surface area contributed by atoms with Gasteiger partial charge in [0.05, 0.1) is 0 Å². The van der Waals surface area contributed by atoms with Crippen LogP contribution in [-0.4, -0.2) is 23.1 Å². The highest BCUT2D eigenvalue weighted by molar-refractivity contribution is 5.56. The van der Waals surface area contributed by atoms with Crippen LogP contribution in [0, 0.1) is 6.92 Å². The van der Waals surface area contributed by atoms with E-state index in [1.807, 2.05) is 6.92 Å². The van der Waals surface area contributed by atoms with Crippen LogP contribution in [-0.2, 0) is 0 Å². The molecule has 0 unspecified atom stereocenters. The van der Waals surface area contributed by atoms with Gasteiger partial charge in [-0.25, -0.2) is 4.98 Å². The van der Waals surface area contributed by atoms with E-state index in [2.05, 4.69) is 64.4 Å². The molecule has 1 aliphatic rings. The van der Waals surface area contributed by atoms with Gasteiger partial charge in [0.25, 0.3) is 0 Å². The predicted molar refractivity (Wildman–Crippen MR) is 92.0 cm³/mol. The standard InChI is InChI=1S/C18H24N4/c1-13(2)15-6-8-16(9-7-15)20-18-19-14(3)12-17(21-18)22-10-4-5-11-22/h6-9,12-13H,4-5,10-11H2,1-3H3,(H,19,20,21). The number of benzene rings is 1. The zero-order valence-corrected chi connectivity index (χ0v) is 13.6. The number of nitrogens with zero attached hydrogens (tertiary/aromatic N) is 3. The van der Waals surface area contributed by atoms with Crippen LogP contribution >= 0.6 is 0 Å². The molecule has 1 aromatic carbocycles. The number of nitrogens with one attached hydrogen (secondary N) is 1. The fraction of sp³-hybridized carbons (Fsp3) is 0.444. The van der Waals surface area contributed by atoms with Crippen molar-refractivity contribution in [1.82, 2.24) is 9.97 Å². The summed E-state index contributed by atoms with van der Waals surface area (Å²) in [7, 11) is 0. The monoisotopic (exact) mass is 296 g/mol. The average molecular weight is 296 g/mol. The van der Waals surface area contributed by atoms with E-state index in [0.717, 1.165) is 30.3 Å². The Morgan fingerprint density at radius 1 is 1.05 bits per heavy atom. The van der Waals surface area contributed by atoms with Gasteiger partial charge in [-0.2, -0.15) is 4.98 Å². The third-order valence-electron chi connectivity index (χ3n) is 4.10. The Bertz CT molecular complexity index is 628. The molecule has 4 nitrogen and oxygen atoms in total. The number of hydrogen-bond donors (Lipinski definition) is 1. The van der Waals surface area contributed by atoms with Crippen molar-refractivity contribution >= 4 is 17.5 Å². The largest absolute Gasteiger partial charge is 0.356 e. The molecule has 2 aromatic rings. The van der Waals surface area contributed by atoms with E-state index in [0.29, 0.717) is 11.9 Å². The smallest absolute Gasteiger partial charge is 0.229 e. The molecule has 1 fully saturated rings. The Hall–Kier alpha value is -2.10. The molecule has 0 spiro atoms. The highest BCUT2D eigenvalue weighted by Gasteiger charge is 2.15. The van der Waals surface area contributed by atoms with Crippen molar-refractivity contribution < 1.29 is 0 Å². The Kier molecular flexibility index (Phi) is 4.27. The van der Waals surface area contributed by atoms with Gasteiger partial charge in [-0.3, -0.25) is 0 Å². The molecule has 116 valence electrons. The molecular weight excluding hydrogens is 272 g/mol. The average Bonchev–Trinajstić information content (AvgIpc) is 3.01. The van der Waals surface area contributed by atoms with Crippen LogP contribution in [0.2, 0.25) is 0 Å². The van der Waals surface area contributed by atoms with Gasteiger partial charge in [-0.15, -0.1) is 0 Å². The van der Waals surface area contributed by atoms with Crippen molar-refractivity contribution in [3.05, 3.63) is 41.6 Å². The first-order valence-electron chi connectivity index (χ1n) is 8.09. The van der Waals surface area contributed by atoms with Gasteiger partial charge in [0, 0.05) is 30.5 Å². The van der Waals surface area contributed by atoms with Gasteiger partial charge < -0.3 is 10.2 Å². The van der Waals surface area contributed by atoms with Crippen molar-refractivity contribution in [2.75, 3.05) is 23.3 Å². The lowest BCUT2D eigenvalue weighted by atomic mass is 10.0. The second-order valence-corrected chi connectivity index (χ2v) is 6.29. The molecule has 2 heterocycles. The molecule has 1 aliphatic heterocycles. The van der Waals surface area contributed by atoms with Crippen LogP contribution in [0.1, 0.15) is 43.9 Å². The van der Waals surface area contributed by atoms with E-state index in [9.17, 15) is 0 Å². The van der Waals surface area contributed by atoms with Crippen LogP contribution in [0.4, 0.5) is 17.5 Å². The van der Waals surface area contributed by atoms with Crippen LogP contribution in [0.25, 0.3) is 0 Å². The van der Waals surface area contributed by atoms with Crippen molar-refractivity contribution in [2.24, 2.45) is 0 Å². The molecule has 0 amide bonds. The van der Waals surface area contributed by atoms with E-state index < -0.39 is 0 Å². The Labute approximate surface area is 132 Å². The third-order valence-corrected chi connectivity index (χ3v) is 4.10. The predicted octanol–water partition coefficient (Wildman–Crippen LogP) is 4.25. The third kappa shape index (κ3) is 3.38. The van der Waals surface area contributed by atoms with Gasteiger partial charge in [-0.05, 0) is 43.4 Å². The van der Waals surface area contributed by atoms with Crippen LogP contribution in [0.5, 0.6) is 0 Å². The lowest BCUT2D eigenvalue weighted by Crippen LogP contribution is -2.19. The van der Waals surface area contributed by atoms with Gasteiger partial charge in [0.1, 0.15) is 5.82 Å². The molecule has 0 radical (unpaired) electrons. The minimum absolute atomic E-state index is 0.547. The fourth-order valence-corrected chi connectivity index (χ4v) is 2.80. The molecule has 0 bridgehead atoms. The minimum Gasteiger partial charge on any atom is -0.356 e. The van der Waals surface area contributed by atoms with Crippen molar-refractivity contribution in [3.8, 4) is 0 Å². The van der Waals surface area contributed by atoms with Crippen LogP contribution in [0.15, 0.2) is 30.3 Å². The lowest BCUT2D eigenvalue weighted by Gasteiger charge is -2.17. The molecule has 3 rings (SSSR count). The molecular formula is C18H24N4. The van der Waals surface area contributed by atoms with E-state index in [4.69, 9.17) is 0 Å². The van der Waals surface area contributed by atoms with Crippen LogP contribution in [0.3, 0.4) is 0 Å². The highest BCUT2D eigenvalue weighted by Crippen LogP contribution is 2.23. The molecule has 22 heavy (non-hydrogen) atoms. The van der Waals surface area contributed by atoms with E-state index >= 15 is 0 Å². The van der Waals surface area contributed by atoms with E-state index in [-0.39, 0.29) is 0 Å². The topological polar surface area (TPSA) is 41.1 Å². The van der Waals surface area contributed by atoms with Crippen molar-refractivity contribution in [2.45, 2.75) is 39.5 Å². The zero-order chi connectivity index (χ0) is 15.5. The Morgan fingerprint density at radius 3 is 2.36 bits per heavy atom. The number of aryl methyl sites for hydroxylation is 1. The quantitative estimate of drug-likeness (QED) is 0.915. The summed E-state index contributed by atoms with van der Waals surface area (Å²) in [6, 6.07) is 10.6. The van der Waals surface area contributed by atoms with Crippen LogP contribution < -0.4 is 10.2 Å². The van der Waals surface area contributed by atoms with Gasteiger partial charge >= 0.3 is 0 Å². The SMILES string of the molecule is Cc1cc(N2CCCC2)nc(Nc2ccc(C(C)C)cc2)n1. The highest BCUT2D eigenvalue weighted by atomic mass is 15.2. The second-order valence-electron chi connectivity index (χ2n) is 6.29. The Balaban J connectivity index is 1.79. The summed E-state index contributed by atoms with van der Waals surface area (Å²) in [6.45, 7) is 8.62. The second kappa shape index (κ2) is 6.34. The number of rotatable bonds is 4. The summed E-state index contributed by atoms with van der Waals surface area (Å²) in [5.74, 6) is 2.26. The van der Waals surface area contributed by atoms with Gasteiger partial charge in [-0.1, -0.05) is 26.0 Å². The Morgan fingerprint density at radius 2 is 1.73 bits per heavy atom. The summed E-state index contributed by atoms with van der Waals surface area (Å²) in [5, 5.41) is 3.33. The van der Waals surface area contributed by atoms with Gasteiger partial charge in [0.2, 0.25) is 5.95 Å².